The highest BCUT2D eigenvalue weighted by atomic mass is 19.1. The lowest BCUT2D eigenvalue weighted by Crippen LogP contribution is -2.25. The first kappa shape index (κ1) is 13.5. The van der Waals surface area contributed by atoms with Gasteiger partial charge in [0.1, 0.15) is 0 Å². The second kappa shape index (κ2) is 5.35. The van der Waals surface area contributed by atoms with Crippen molar-refractivity contribution >= 4 is 5.69 Å². The molecule has 2 rings (SSSR count). The van der Waals surface area contributed by atoms with E-state index in [4.69, 9.17) is 0 Å². The number of benzene rings is 1. The summed E-state index contributed by atoms with van der Waals surface area (Å²) in [6, 6.07) is 6.47. The number of rotatable bonds is 3. The number of nitriles is 1. The Kier molecular flexibility index (Phi) is 3.79. The maximum absolute atomic E-state index is 14.0. The number of nitro benzene ring substituents is 1. The monoisotopic (exact) mass is 262 g/mol. The van der Waals surface area contributed by atoms with E-state index < -0.39 is 21.8 Å². The molecule has 0 radical (unpaired) electrons. The van der Waals surface area contributed by atoms with Crippen LogP contribution < -0.4 is 0 Å². The molecule has 0 heterocycles. The summed E-state index contributed by atoms with van der Waals surface area (Å²) < 4.78 is 14.0. The van der Waals surface area contributed by atoms with Crippen molar-refractivity contribution in [1.29, 1.82) is 5.26 Å². The SMILES string of the molecule is N#CC1(Cc2cccc([N+](=O)[O-])c2F)CCCCC1. The Balaban J connectivity index is 2.30. The topological polar surface area (TPSA) is 66.9 Å². The van der Waals surface area contributed by atoms with Gasteiger partial charge in [-0.1, -0.05) is 31.4 Å². The fraction of sp³-hybridized carbons (Fsp3) is 0.500. The van der Waals surface area contributed by atoms with Crippen molar-refractivity contribution in [3.63, 3.8) is 0 Å². The molecule has 0 N–H and O–H groups in total. The van der Waals surface area contributed by atoms with Crippen LogP contribution in [-0.2, 0) is 6.42 Å². The van der Waals surface area contributed by atoms with Crippen molar-refractivity contribution in [1.82, 2.24) is 0 Å². The Morgan fingerprint density at radius 2 is 2.05 bits per heavy atom. The van der Waals surface area contributed by atoms with Gasteiger partial charge in [-0.3, -0.25) is 10.1 Å². The molecule has 1 fully saturated rings. The molecule has 0 aromatic heterocycles. The Bertz CT molecular complexity index is 531. The van der Waals surface area contributed by atoms with Crippen LogP contribution >= 0.6 is 0 Å². The van der Waals surface area contributed by atoms with Crippen LogP contribution in [0.5, 0.6) is 0 Å². The number of hydrogen-bond donors (Lipinski definition) is 0. The standard InChI is InChI=1S/C14H15FN2O2/c15-13-11(5-4-6-12(13)17(18)19)9-14(10-16)7-2-1-3-8-14/h4-6H,1-3,7-9H2. The summed E-state index contributed by atoms with van der Waals surface area (Å²) in [5.74, 6) is -0.798. The van der Waals surface area contributed by atoms with Crippen LogP contribution in [0.1, 0.15) is 37.7 Å². The average Bonchev–Trinajstić information content (AvgIpc) is 2.42. The van der Waals surface area contributed by atoms with Gasteiger partial charge in [0.05, 0.1) is 16.4 Å². The van der Waals surface area contributed by atoms with Gasteiger partial charge < -0.3 is 0 Å². The molecule has 0 spiro atoms. The summed E-state index contributed by atoms with van der Waals surface area (Å²) in [5, 5.41) is 20.1. The first-order valence-electron chi connectivity index (χ1n) is 6.41. The molecule has 1 aliphatic carbocycles. The Morgan fingerprint density at radius 3 is 2.63 bits per heavy atom. The minimum Gasteiger partial charge on any atom is -0.258 e. The van der Waals surface area contributed by atoms with Crippen LogP contribution in [-0.4, -0.2) is 4.92 Å². The summed E-state index contributed by atoms with van der Waals surface area (Å²) in [6.07, 6.45) is 4.77. The van der Waals surface area contributed by atoms with Crippen LogP contribution in [0.4, 0.5) is 10.1 Å². The third kappa shape index (κ3) is 2.73. The van der Waals surface area contributed by atoms with Gasteiger partial charge in [-0.05, 0) is 24.8 Å². The highest BCUT2D eigenvalue weighted by Crippen LogP contribution is 2.39. The molecule has 0 bridgehead atoms. The van der Waals surface area contributed by atoms with E-state index in [9.17, 15) is 19.8 Å². The molecular formula is C14H15FN2O2. The van der Waals surface area contributed by atoms with Crippen molar-refractivity contribution in [2.75, 3.05) is 0 Å². The molecule has 1 aromatic carbocycles. The molecule has 0 atom stereocenters. The van der Waals surface area contributed by atoms with Crippen molar-refractivity contribution in [2.45, 2.75) is 38.5 Å². The summed E-state index contributed by atoms with van der Waals surface area (Å²) in [5.41, 5.74) is -0.798. The smallest absolute Gasteiger partial charge is 0.258 e. The molecule has 100 valence electrons. The summed E-state index contributed by atoms with van der Waals surface area (Å²) >= 11 is 0. The lowest BCUT2D eigenvalue weighted by atomic mass is 9.71. The van der Waals surface area contributed by atoms with E-state index in [2.05, 4.69) is 6.07 Å². The average molecular weight is 262 g/mol. The highest BCUT2D eigenvalue weighted by molar-refractivity contribution is 5.37. The minimum atomic E-state index is -0.798. The van der Waals surface area contributed by atoms with Crippen LogP contribution in [0.2, 0.25) is 0 Å². The molecule has 4 nitrogen and oxygen atoms in total. The minimum absolute atomic E-state index is 0.261. The summed E-state index contributed by atoms with van der Waals surface area (Å²) in [6.45, 7) is 0. The Labute approximate surface area is 111 Å². The zero-order valence-corrected chi connectivity index (χ0v) is 10.6. The zero-order chi connectivity index (χ0) is 13.9. The van der Waals surface area contributed by atoms with Gasteiger partial charge in [-0.15, -0.1) is 0 Å². The second-order valence-electron chi connectivity index (χ2n) is 5.14. The van der Waals surface area contributed by atoms with Crippen molar-refractivity contribution < 1.29 is 9.31 Å². The van der Waals surface area contributed by atoms with Gasteiger partial charge >= 0.3 is 5.69 Å². The van der Waals surface area contributed by atoms with Crippen molar-refractivity contribution in [3.8, 4) is 6.07 Å². The maximum Gasteiger partial charge on any atom is 0.305 e. The number of hydrogen-bond acceptors (Lipinski definition) is 3. The zero-order valence-electron chi connectivity index (χ0n) is 10.6. The second-order valence-corrected chi connectivity index (χ2v) is 5.14. The normalized spacial score (nSPS) is 17.7. The molecule has 0 aliphatic heterocycles. The quantitative estimate of drug-likeness (QED) is 0.615. The fourth-order valence-corrected chi connectivity index (χ4v) is 2.76. The predicted molar refractivity (Wildman–Crippen MR) is 67.9 cm³/mol. The van der Waals surface area contributed by atoms with E-state index in [0.29, 0.717) is 0 Å². The van der Waals surface area contributed by atoms with E-state index in [1.165, 1.54) is 12.1 Å². The number of nitro groups is 1. The molecule has 1 saturated carbocycles. The van der Waals surface area contributed by atoms with E-state index in [0.717, 1.165) is 38.2 Å². The van der Waals surface area contributed by atoms with Gasteiger partial charge in [0.2, 0.25) is 5.82 Å². The van der Waals surface area contributed by atoms with Gasteiger partial charge in [0.25, 0.3) is 0 Å². The van der Waals surface area contributed by atoms with Crippen molar-refractivity contribution in [2.24, 2.45) is 5.41 Å². The summed E-state index contributed by atoms with van der Waals surface area (Å²) in [4.78, 5) is 9.99. The first-order valence-corrected chi connectivity index (χ1v) is 6.41. The Morgan fingerprint density at radius 1 is 1.37 bits per heavy atom. The van der Waals surface area contributed by atoms with E-state index >= 15 is 0 Å². The molecule has 1 aliphatic rings. The van der Waals surface area contributed by atoms with Gasteiger partial charge in [-0.25, -0.2) is 0 Å². The van der Waals surface area contributed by atoms with Crippen LogP contribution in [0.25, 0.3) is 0 Å². The third-order valence-corrected chi connectivity index (χ3v) is 3.83. The van der Waals surface area contributed by atoms with E-state index in [1.807, 2.05) is 0 Å². The first-order chi connectivity index (χ1) is 9.08. The molecule has 0 amide bonds. The van der Waals surface area contributed by atoms with Gasteiger partial charge in [0, 0.05) is 6.07 Å². The Hall–Kier alpha value is -1.96. The lowest BCUT2D eigenvalue weighted by molar-refractivity contribution is -0.387. The predicted octanol–water partition coefficient (Wildman–Crippen LogP) is 3.75. The molecule has 19 heavy (non-hydrogen) atoms. The maximum atomic E-state index is 14.0. The van der Waals surface area contributed by atoms with Crippen LogP contribution in [0, 0.1) is 32.7 Å². The molecular weight excluding hydrogens is 247 g/mol. The van der Waals surface area contributed by atoms with Gasteiger partial charge in [0.15, 0.2) is 0 Å². The van der Waals surface area contributed by atoms with Crippen LogP contribution in [0.3, 0.4) is 0 Å². The van der Waals surface area contributed by atoms with Crippen LogP contribution in [0.15, 0.2) is 18.2 Å². The number of halogens is 1. The number of nitrogens with zero attached hydrogens (tertiary/aromatic N) is 2. The third-order valence-electron chi connectivity index (χ3n) is 3.83. The molecule has 1 aromatic rings. The summed E-state index contributed by atoms with van der Waals surface area (Å²) in [7, 11) is 0. The fourth-order valence-electron chi connectivity index (χ4n) is 2.76. The van der Waals surface area contributed by atoms with E-state index in [1.54, 1.807) is 0 Å². The largest absolute Gasteiger partial charge is 0.305 e. The van der Waals surface area contributed by atoms with Gasteiger partial charge in [-0.2, -0.15) is 9.65 Å². The molecule has 5 heteroatoms. The lowest BCUT2D eigenvalue weighted by Gasteiger charge is -2.30. The highest BCUT2D eigenvalue weighted by Gasteiger charge is 2.34. The van der Waals surface area contributed by atoms with E-state index in [-0.39, 0.29) is 12.0 Å². The molecule has 0 unspecified atom stereocenters. The van der Waals surface area contributed by atoms with Crippen molar-refractivity contribution in [3.05, 3.63) is 39.7 Å². The molecule has 0 saturated heterocycles.